The highest BCUT2D eigenvalue weighted by Crippen LogP contribution is 2.47. The Labute approximate surface area is 264 Å². The van der Waals surface area contributed by atoms with E-state index in [1.807, 2.05) is 6.33 Å². The zero-order valence-electron chi connectivity index (χ0n) is 26.5. The maximum absolute atomic E-state index is 7.01. The lowest BCUT2D eigenvalue weighted by Crippen LogP contribution is -2.32. The van der Waals surface area contributed by atoms with Crippen molar-refractivity contribution < 1.29 is 4.74 Å². The van der Waals surface area contributed by atoms with E-state index in [1.165, 1.54) is 27.8 Å². The third-order valence-electron chi connectivity index (χ3n) is 9.66. The van der Waals surface area contributed by atoms with Crippen LogP contribution in [-0.4, -0.2) is 31.8 Å². The topological polar surface area (TPSA) is 52.8 Å². The van der Waals surface area contributed by atoms with Gasteiger partial charge in [-0.15, -0.1) is 9.24 Å². The summed E-state index contributed by atoms with van der Waals surface area (Å²) in [5.74, 6) is 0.928. The first-order chi connectivity index (χ1) is 21.4. The summed E-state index contributed by atoms with van der Waals surface area (Å²) in [6.45, 7) is 9.00. The molecule has 5 aromatic rings. The van der Waals surface area contributed by atoms with Gasteiger partial charge < -0.3 is 4.74 Å². The molecule has 0 bridgehead atoms. The number of aryl methyl sites for hydroxylation is 3. The van der Waals surface area contributed by atoms with Crippen molar-refractivity contribution in [1.82, 2.24) is 19.5 Å². The van der Waals surface area contributed by atoms with E-state index in [0.717, 1.165) is 55.1 Å². The van der Waals surface area contributed by atoms with Crippen LogP contribution in [0.25, 0.3) is 11.2 Å². The number of aromatic nitrogens is 4. The predicted molar refractivity (Wildman–Crippen MR) is 183 cm³/mol. The van der Waals surface area contributed by atoms with E-state index in [4.69, 9.17) is 9.72 Å². The first-order valence-corrected chi connectivity index (χ1v) is 16.9. The summed E-state index contributed by atoms with van der Waals surface area (Å²) in [6, 6.07) is 29.4. The van der Waals surface area contributed by atoms with Crippen molar-refractivity contribution in [3.8, 4) is 0 Å². The Morgan fingerprint density at radius 2 is 1.50 bits per heavy atom. The van der Waals surface area contributed by atoms with Gasteiger partial charge in [0.15, 0.2) is 5.65 Å². The molecule has 1 aliphatic rings. The minimum atomic E-state index is -0.299. The highest BCUT2D eigenvalue weighted by molar-refractivity contribution is 7.16. The predicted octanol–water partition coefficient (Wildman–Crippen LogP) is 8.63. The minimum absolute atomic E-state index is 0.0910. The Bertz CT molecular complexity index is 1620. The van der Waals surface area contributed by atoms with Crippen LogP contribution < -0.4 is 0 Å². The van der Waals surface area contributed by atoms with Gasteiger partial charge >= 0.3 is 0 Å². The highest BCUT2D eigenvalue weighted by atomic mass is 31.0. The molecule has 228 valence electrons. The lowest BCUT2D eigenvalue weighted by atomic mass is 9.65. The molecule has 3 heterocycles. The maximum Gasteiger partial charge on any atom is 0.165 e. The highest BCUT2D eigenvalue weighted by Gasteiger charge is 2.42. The lowest BCUT2D eigenvalue weighted by Gasteiger charge is -2.38. The number of hydrogen-bond donors (Lipinski definition) is 0. The quantitative estimate of drug-likeness (QED) is 0.112. The summed E-state index contributed by atoms with van der Waals surface area (Å²) in [5, 5.41) is 0. The number of nitrogens with zero attached hydrogens (tertiary/aromatic N) is 4. The summed E-state index contributed by atoms with van der Waals surface area (Å²) in [5.41, 5.74) is 9.02. The van der Waals surface area contributed by atoms with E-state index in [-0.39, 0.29) is 17.7 Å². The van der Waals surface area contributed by atoms with Gasteiger partial charge in [0.05, 0.1) is 18.1 Å². The van der Waals surface area contributed by atoms with Crippen LogP contribution in [0.15, 0.2) is 91.5 Å². The molecule has 6 rings (SSSR count). The van der Waals surface area contributed by atoms with E-state index in [9.17, 15) is 0 Å². The molecule has 1 aliphatic heterocycles. The molecule has 1 saturated heterocycles. The summed E-state index contributed by atoms with van der Waals surface area (Å²) >= 11 is 0. The molecule has 0 radical (unpaired) electrons. The Kier molecular flexibility index (Phi) is 9.26. The van der Waals surface area contributed by atoms with E-state index in [1.54, 1.807) is 6.33 Å². The zero-order valence-corrected chi connectivity index (χ0v) is 27.6. The van der Waals surface area contributed by atoms with Crippen molar-refractivity contribution in [3.63, 3.8) is 0 Å². The normalized spacial score (nSPS) is 18.8. The fourth-order valence-electron chi connectivity index (χ4n) is 7.16. The summed E-state index contributed by atoms with van der Waals surface area (Å²) in [4.78, 5) is 14.0. The second kappa shape index (κ2) is 13.3. The molecule has 3 aromatic carbocycles. The van der Waals surface area contributed by atoms with E-state index >= 15 is 0 Å². The van der Waals surface area contributed by atoms with Crippen LogP contribution in [-0.2, 0) is 16.6 Å². The molecule has 0 spiro atoms. The van der Waals surface area contributed by atoms with Crippen molar-refractivity contribution in [3.05, 3.63) is 125 Å². The van der Waals surface area contributed by atoms with Gasteiger partial charge in [-0.3, -0.25) is 4.57 Å². The third kappa shape index (κ3) is 5.97. The van der Waals surface area contributed by atoms with E-state index in [0.29, 0.717) is 11.8 Å². The van der Waals surface area contributed by atoms with E-state index < -0.39 is 0 Å². The van der Waals surface area contributed by atoms with Gasteiger partial charge in [0.1, 0.15) is 18.1 Å². The first-order valence-electron chi connectivity index (χ1n) is 16.1. The average Bonchev–Trinajstić information content (AvgIpc) is 3.67. The molecule has 0 N–H and O–H groups in total. The molecular weight excluding hydrogens is 559 g/mol. The molecule has 4 unspecified atom stereocenters. The summed E-state index contributed by atoms with van der Waals surface area (Å²) in [7, 11) is 2.80. The van der Waals surface area contributed by atoms with Gasteiger partial charge in [0.2, 0.25) is 0 Å². The molecule has 0 aliphatic carbocycles. The molecule has 4 atom stereocenters. The molecule has 1 fully saturated rings. The van der Waals surface area contributed by atoms with Crippen molar-refractivity contribution in [1.29, 1.82) is 0 Å². The van der Waals surface area contributed by atoms with Gasteiger partial charge in [-0.2, -0.15) is 0 Å². The van der Waals surface area contributed by atoms with Gasteiger partial charge in [0, 0.05) is 5.41 Å². The summed E-state index contributed by atoms with van der Waals surface area (Å²) in [6.07, 6.45) is 9.48. The van der Waals surface area contributed by atoms with Crippen molar-refractivity contribution >= 4 is 20.4 Å². The molecule has 6 heteroatoms. The SMILES string of the molecule is Cc1ccc(C(CCC2OC(n3cnc4c(CCCP)ncnc43)CC2C(C)C)(c2ccccc2)c2ccc(C)cc2)cc1. The van der Waals surface area contributed by atoms with Crippen LogP contribution in [0, 0.1) is 25.7 Å². The maximum atomic E-state index is 7.01. The summed E-state index contributed by atoms with van der Waals surface area (Å²) < 4.78 is 9.16. The first kappa shape index (κ1) is 30.6. The smallest absolute Gasteiger partial charge is 0.165 e. The molecular formula is C38H45N4OP. The largest absolute Gasteiger partial charge is 0.354 e. The van der Waals surface area contributed by atoms with Crippen molar-refractivity contribution in [2.75, 3.05) is 6.16 Å². The molecule has 44 heavy (non-hydrogen) atoms. The Balaban J connectivity index is 1.36. The monoisotopic (exact) mass is 604 g/mol. The lowest BCUT2D eigenvalue weighted by molar-refractivity contribution is -0.0124. The van der Waals surface area contributed by atoms with Crippen LogP contribution in [0.1, 0.15) is 79.3 Å². The van der Waals surface area contributed by atoms with Gasteiger partial charge in [-0.25, -0.2) is 15.0 Å². The Morgan fingerprint density at radius 1 is 0.864 bits per heavy atom. The number of ether oxygens (including phenoxy) is 1. The van der Waals surface area contributed by atoms with Crippen molar-refractivity contribution in [2.45, 2.75) is 77.5 Å². The van der Waals surface area contributed by atoms with Crippen LogP contribution >= 0.6 is 9.24 Å². The molecule has 0 amide bonds. The van der Waals surface area contributed by atoms with Gasteiger partial charge in [0.25, 0.3) is 0 Å². The second-order valence-electron chi connectivity index (χ2n) is 12.9. The fourth-order valence-corrected chi connectivity index (χ4v) is 7.36. The molecule has 5 nitrogen and oxygen atoms in total. The third-order valence-corrected chi connectivity index (χ3v) is 10.1. The minimum Gasteiger partial charge on any atom is -0.354 e. The fraction of sp³-hybridized carbons (Fsp3) is 0.395. The van der Waals surface area contributed by atoms with Gasteiger partial charge in [-0.05, 0) is 80.6 Å². The van der Waals surface area contributed by atoms with Crippen LogP contribution in [0.5, 0.6) is 0 Å². The molecule has 0 saturated carbocycles. The zero-order chi connectivity index (χ0) is 30.7. The number of rotatable bonds is 11. The van der Waals surface area contributed by atoms with Crippen LogP contribution in [0.3, 0.4) is 0 Å². The number of imidazole rings is 1. The number of hydrogen-bond acceptors (Lipinski definition) is 4. The van der Waals surface area contributed by atoms with Crippen molar-refractivity contribution in [2.24, 2.45) is 11.8 Å². The molecule has 2 aromatic heterocycles. The van der Waals surface area contributed by atoms with Gasteiger partial charge in [-0.1, -0.05) is 104 Å². The van der Waals surface area contributed by atoms with E-state index in [2.05, 4.69) is 130 Å². The Morgan fingerprint density at radius 3 is 2.11 bits per heavy atom. The average molecular weight is 605 g/mol. The van der Waals surface area contributed by atoms with Crippen LogP contribution in [0.4, 0.5) is 0 Å². The standard InChI is InChI=1S/C38H45N4OP/c1-26(2)32-23-35(42-25-41-36-33(11-8-22-44)39-24-40-37(36)42)43-34(32)20-21-38(29-9-6-5-7-10-29,30-16-12-27(3)13-17-30)31-18-14-28(4)15-19-31/h5-7,9-10,12-19,24-26,32,34-35H,8,11,20-23,44H2,1-4H3. The number of benzene rings is 3. The number of fused-ring (bicyclic) bond motifs is 1. The van der Waals surface area contributed by atoms with Crippen LogP contribution in [0.2, 0.25) is 0 Å². The Hall–Kier alpha value is -3.40. The second-order valence-corrected chi connectivity index (χ2v) is 13.4.